The van der Waals surface area contributed by atoms with Gasteiger partial charge in [0.15, 0.2) is 0 Å². The minimum Gasteiger partial charge on any atom is -0.371 e. The van der Waals surface area contributed by atoms with Crippen molar-refractivity contribution in [2.45, 2.75) is 46.1 Å². The molecule has 1 saturated heterocycles. The van der Waals surface area contributed by atoms with Gasteiger partial charge < -0.3 is 4.90 Å². The molecule has 4 nitrogen and oxygen atoms in total. The molecule has 3 rings (SSSR count). The first-order valence-corrected chi connectivity index (χ1v) is 8.88. The maximum Gasteiger partial charge on any atom is 0.238 e. The smallest absolute Gasteiger partial charge is 0.238 e. The van der Waals surface area contributed by atoms with Crippen LogP contribution in [0.2, 0.25) is 0 Å². The zero-order valence-electron chi connectivity index (χ0n) is 14.9. The van der Waals surface area contributed by atoms with Crippen molar-refractivity contribution in [3.8, 4) is 0 Å². The second-order valence-corrected chi connectivity index (χ2v) is 6.56. The van der Waals surface area contributed by atoms with Crippen LogP contribution in [0.4, 0.5) is 5.69 Å². The summed E-state index contributed by atoms with van der Waals surface area (Å²) in [5.74, 6) is 0.113. The number of rotatable bonds is 4. The van der Waals surface area contributed by atoms with Gasteiger partial charge in [0.2, 0.25) is 5.91 Å². The zero-order chi connectivity index (χ0) is 17.1. The van der Waals surface area contributed by atoms with Gasteiger partial charge in [0, 0.05) is 37.6 Å². The molecule has 1 aliphatic rings. The topological polar surface area (TPSA) is 28.5 Å². The second kappa shape index (κ2) is 7.12. The quantitative estimate of drug-likeness (QED) is 0.860. The van der Waals surface area contributed by atoms with Gasteiger partial charge in [0.1, 0.15) is 0 Å². The standard InChI is InChI=1S/C20H27N3O/c1-4-18-9-5-6-10-20(18)21-14-11-19(12-15-21)23(17(3)24)22-13-7-8-16(22)2/h5-10,13,19H,4,11-12,14-15H2,1-3H3. The van der Waals surface area contributed by atoms with E-state index in [2.05, 4.69) is 36.1 Å². The summed E-state index contributed by atoms with van der Waals surface area (Å²) in [4.78, 5) is 14.7. The number of hydrogen-bond acceptors (Lipinski definition) is 2. The van der Waals surface area contributed by atoms with Crippen molar-refractivity contribution in [2.24, 2.45) is 0 Å². The summed E-state index contributed by atoms with van der Waals surface area (Å²) in [7, 11) is 0. The maximum absolute atomic E-state index is 12.2. The van der Waals surface area contributed by atoms with E-state index in [1.165, 1.54) is 11.3 Å². The average Bonchev–Trinajstić information content (AvgIpc) is 3.01. The third kappa shape index (κ3) is 3.18. The van der Waals surface area contributed by atoms with Crippen molar-refractivity contribution in [2.75, 3.05) is 23.0 Å². The van der Waals surface area contributed by atoms with Gasteiger partial charge in [-0.25, -0.2) is 5.01 Å². The number of amides is 1. The van der Waals surface area contributed by atoms with Gasteiger partial charge in [0.25, 0.3) is 0 Å². The number of carbonyl (C=O) groups is 1. The Morgan fingerprint density at radius 2 is 1.88 bits per heavy atom. The summed E-state index contributed by atoms with van der Waals surface area (Å²) >= 11 is 0. The van der Waals surface area contributed by atoms with E-state index in [9.17, 15) is 4.79 Å². The first-order chi connectivity index (χ1) is 11.6. The molecule has 0 N–H and O–H groups in total. The molecule has 2 heterocycles. The highest BCUT2D eigenvalue weighted by atomic mass is 16.2. The van der Waals surface area contributed by atoms with E-state index in [0.717, 1.165) is 38.0 Å². The van der Waals surface area contributed by atoms with E-state index < -0.39 is 0 Å². The van der Waals surface area contributed by atoms with E-state index in [4.69, 9.17) is 0 Å². The van der Waals surface area contributed by atoms with Crippen molar-refractivity contribution in [1.29, 1.82) is 0 Å². The largest absolute Gasteiger partial charge is 0.371 e. The average molecular weight is 325 g/mol. The van der Waals surface area contributed by atoms with Gasteiger partial charge in [-0.2, -0.15) is 0 Å². The Bertz CT molecular complexity index is 698. The molecule has 0 aliphatic carbocycles. The number of para-hydroxylation sites is 1. The second-order valence-electron chi connectivity index (χ2n) is 6.56. The number of aromatic nitrogens is 1. The van der Waals surface area contributed by atoms with Crippen molar-refractivity contribution in [1.82, 2.24) is 4.68 Å². The molecule has 0 radical (unpaired) electrons. The van der Waals surface area contributed by atoms with Crippen LogP contribution < -0.4 is 9.91 Å². The lowest BCUT2D eigenvalue weighted by atomic mass is 10.0. The fourth-order valence-corrected chi connectivity index (χ4v) is 3.75. The lowest BCUT2D eigenvalue weighted by Gasteiger charge is -2.40. The van der Waals surface area contributed by atoms with Gasteiger partial charge in [-0.05, 0) is 49.9 Å². The first-order valence-electron chi connectivity index (χ1n) is 8.88. The Morgan fingerprint density at radius 1 is 1.17 bits per heavy atom. The van der Waals surface area contributed by atoms with Gasteiger partial charge >= 0.3 is 0 Å². The van der Waals surface area contributed by atoms with Crippen molar-refractivity contribution in [3.05, 3.63) is 53.9 Å². The predicted molar refractivity (Wildman–Crippen MR) is 99.1 cm³/mol. The maximum atomic E-state index is 12.2. The van der Waals surface area contributed by atoms with Gasteiger partial charge in [0.05, 0.1) is 6.04 Å². The Balaban J connectivity index is 1.74. The normalized spacial score (nSPS) is 15.5. The van der Waals surface area contributed by atoms with Crippen LogP contribution in [-0.2, 0) is 11.2 Å². The first kappa shape index (κ1) is 16.6. The number of nitrogens with zero attached hydrogens (tertiary/aromatic N) is 3. The van der Waals surface area contributed by atoms with E-state index in [1.807, 2.05) is 34.9 Å². The molecule has 0 atom stereocenters. The highest BCUT2D eigenvalue weighted by Gasteiger charge is 2.28. The molecular formula is C20H27N3O. The molecule has 0 spiro atoms. The molecule has 1 fully saturated rings. The van der Waals surface area contributed by atoms with E-state index in [1.54, 1.807) is 6.92 Å². The number of carbonyl (C=O) groups excluding carboxylic acids is 1. The Hall–Kier alpha value is -2.23. The van der Waals surface area contributed by atoms with Crippen LogP contribution in [0, 0.1) is 6.92 Å². The lowest BCUT2D eigenvalue weighted by molar-refractivity contribution is -0.118. The summed E-state index contributed by atoms with van der Waals surface area (Å²) in [6.45, 7) is 7.90. The molecule has 1 amide bonds. The minimum absolute atomic E-state index is 0.113. The molecule has 128 valence electrons. The number of anilines is 1. The van der Waals surface area contributed by atoms with Gasteiger partial charge in [-0.1, -0.05) is 25.1 Å². The Morgan fingerprint density at radius 3 is 2.46 bits per heavy atom. The molecule has 0 bridgehead atoms. The van der Waals surface area contributed by atoms with Crippen LogP contribution in [-0.4, -0.2) is 29.7 Å². The van der Waals surface area contributed by atoms with E-state index in [0.29, 0.717) is 0 Å². The van der Waals surface area contributed by atoms with E-state index in [-0.39, 0.29) is 11.9 Å². The number of piperidine rings is 1. The van der Waals surface area contributed by atoms with Crippen LogP contribution in [0.5, 0.6) is 0 Å². The molecular weight excluding hydrogens is 298 g/mol. The lowest BCUT2D eigenvalue weighted by Crippen LogP contribution is -2.52. The highest BCUT2D eigenvalue weighted by Crippen LogP contribution is 2.26. The van der Waals surface area contributed by atoms with Crippen molar-refractivity contribution in [3.63, 3.8) is 0 Å². The number of hydrogen-bond donors (Lipinski definition) is 0. The number of benzene rings is 1. The van der Waals surface area contributed by atoms with Crippen LogP contribution in [0.15, 0.2) is 42.6 Å². The molecule has 0 unspecified atom stereocenters. The zero-order valence-corrected chi connectivity index (χ0v) is 14.9. The van der Waals surface area contributed by atoms with Crippen LogP contribution in [0.25, 0.3) is 0 Å². The van der Waals surface area contributed by atoms with Gasteiger partial charge in [-0.3, -0.25) is 9.47 Å². The summed E-state index contributed by atoms with van der Waals surface area (Å²) in [5.41, 5.74) is 3.86. The summed E-state index contributed by atoms with van der Waals surface area (Å²) < 4.78 is 2.00. The monoisotopic (exact) mass is 325 g/mol. The molecule has 1 aromatic heterocycles. The third-order valence-corrected chi connectivity index (χ3v) is 5.00. The summed E-state index contributed by atoms with van der Waals surface area (Å²) in [6.07, 6.45) is 5.03. The van der Waals surface area contributed by atoms with Crippen LogP contribution >= 0.6 is 0 Å². The predicted octanol–water partition coefficient (Wildman–Crippen LogP) is 3.51. The minimum atomic E-state index is 0.113. The number of aryl methyl sites for hydroxylation is 2. The molecule has 2 aromatic rings. The van der Waals surface area contributed by atoms with Crippen LogP contribution in [0.3, 0.4) is 0 Å². The van der Waals surface area contributed by atoms with Crippen LogP contribution in [0.1, 0.15) is 37.9 Å². The molecule has 4 heteroatoms. The molecule has 1 aromatic carbocycles. The van der Waals surface area contributed by atoms with Gasteiger partial charge in [-0.15, -0.1) is 0 Å². The molecule has 1 aliphatic heterocycles. The SMILES string of the molecule is CCc1ccccc1N1CCC(N(C(C)=O)n2cccc2C)CC1. The molecule has 24 heavy (non-hydrogen) atoms. The van der Waals surface area contributed by atoms with Crippen molar-refractivity contribution < 1.29 is 4.79 Å². The highest BCUT2D eigenvalue weighted by molar-refractivity contribution is 5.84. The fourth-order valence-electron chi connectivity index (χ4n) is 3.75. The van der Waals surface area contributed by atoms with E-state index >= 15 is 0 Å². The Labute approximate surface area is 144 Å². The fraction of sp³-hybridized carbons (Fsp3) is 0.450. The summed E-state index contributed by atoms with van der Waals surface area (Å²) in [5, 5.41) is 1.93. The van der Waals surface area contributed by atoms with Crippen molar-refractivity contribution >= 4 is 11.6 Å². The third-order valence-electron chi connectivity index (χ3n) is 5.00. The molecule has 0 saturated carbocycles. The Kier molecular flexibility index (Phi) is 4.93. The summed E-state index contributed by atoms with van der Waals surface area (Å²) in [6, 6.07) is 13.0.